The van der Waals surface area contributed by atoms with Gasteiger partial charge in [-0.15, -0.1) is 6.58 Å². The molecule has 3 atom stereocenters. The fourth-order valence-corrected chi connectivity index (χ4v) is 2.94. The molecule has 0 aromatic heterocycles. The molecule has 0 N–H and O–H groups in total. The molecular formula is C18H30F2. The Balaban J connectivity index is 2.51. The van der Waals surface area contributed by atoms with E-state index in [1.54, 1.807) is 13.8 Å². The van der Waals surface area contributed by atoms with Crippen molar-refractivity contribution in [3.05, 3.63) is 24.8 Å². The Kier molecular flexibility index (Phi) is 7.47. The predicted octanol–water partition coefficient (Wildman–Crippen LogP) is 5.89. The summed E-state index contributed by atoms with van der Waals surface area (Å²) in [5.41, 5.74) is 0. The SMILES string of the molecule is C=CC1CCC(/C=C/C(CC)C(F)C(F)C(C)C)CC1. The summed E-state index contributed by atoms with van der Waals surface area (Å²) in [4.78, 5) is 0. The third-order valence-electron chi connectivity index (χ3n) is 4.60. The topological polar surface area (TPSA) is 0 Å². The normalized spacial score (nSPS) is 28.5. The summed E-state index contributed by atoms with van der Waals surface area (Å²) in [7, 11) is 0. The molecule has 1 rings (SSSR count). The van der Waals surface area contributed by atoms with Crippen LogP contribution in [-0.2, 0) is 0 Å². The predicted molar refractivity (Wildman–Crippen MR) is 83.2 cm³/mol. The monoisotopic (exact) mass is 284 g/mol. The molecule has 2 heteroatoms. The molecule has 116 valence electrons. The number of hydrogen-bond donors (Lipinski definition) is 0. The van der Waals surface area contributed by atoms with Crippen molar-refractivity contribution in [2.24, 2.45) is 23.7 Å². The zero-order chi connectivity index (χ0) is 15.1. The van der Waals surface area contributed by atoms with Crippen LogP contribution in [0.3, 0.4) is 0 Å². The quantitative estimate of drug-likeness (QED) is 0.511. The van der Waals surface area contributed by atoms with Crippen molar-refractivity contribution >= 4 is 0 Å². The van der Waals surface area contributed by atoms with Crippen LogP contribution in [0.4, 0.5) is 8.78 Å². The van der Waals surface area contributed by atoms with Crippen molar-refractivity contribution in [2.75, 3.05) is 0 Å². The Hall–Kier alpha value is -0.660. The second kappa shape index (κ2) is 8.59. The summed E-state index contributed by atoms with van der Waals surface area (Å²) >= 11 is 0. The van der Waals surface area contributed by atoms with Crippen LogP contribution in [0.25, 0.3) is 0 Å². The molecule has 0 bridgehead atoms. The lowest BCUT2D eigenvalue weighted by molar-refractivity contribution is 0.0919. The molecule has 1 aliphatic carbocycles. The molecule has 0 nitrogen and oxygen atoms in total. The van der Waals surface area contributed by atoms with E-state index in [4.69, 9.17) is 0 Å². The summed E-state index contributed by atoms with van der Waals surface area (Å²) in [6, 6.07) is 0. The van der Waals surface area contributed by atoms with Crippen LogP contribution in [0.15, 0.2) is 24.8 Å². The average Bonchev–Trinajstić information content (AvgIpc) is 2.47. The molecule has 0 heterocycles. The maximum absolute atomic E-state index is 14.1. The van der Waals surface area contributed by atoms with Gasteiger partial charge in [0.25, 0.3) is 0 Å². The van der Waals surface area contributed by atoms with Crippen LogP contribution in [0.2, 0.25) is 0 Å². The van der Waals surface area contributed by atoms with Gasteiger partial charge in [0.15, 0.2) is 0 Å². The van der Waals surface area contributed by atoms with E-state index in [2.05, 4.69) is 12.7 Å². The number of allylic oxidation sites excluding steroid dienone is 3. The van der Waals surface area contributed by atoms with Crippen LogP contribution < -0.4 is 0 Å². The standard InChI is InChI=1S/C18H30F2/c1-5-14-7-9-15(10-8-14)11-12-16(6-2)18(20)17(19)13(3)4/h5,11-18H,1,6-10H2,2-4H3/b12-11+. The van der Waals surface area contributed by atoms with E-state index in [9.17, 15) is 8.78 Å². The Bertz CT molecular complexity index is 301. The van der Waals surface area contributed by atoms with E-state index >= 15 is 0 Å². The van der Waals surface area contributed by atoms with E-state index in [1.807, 2.05) is 19.1 Å². The lowest BCUT2D eigenvalue weighted by Gasteiger charge is -2.26. The third-order valence-corrected chi connectivity index (χ3v) is 4.60. The average molecular weight is 284 g/mol. The minimum atomic E-state index is -1.37. The second-order valence-corrected chi connectivity index (χ2v) is 6.50. The summed E-state index contributed by atoms with van der Waals surface area (Å²) in [6.07, 6.45) is 8.66. The molecule has 1 aliphatic rings. The lowest BCUT2D eigenvalue weighted by Crippen LogP contribution is -2.29. The van der Waals surface area contributed by atoms with Crippen molar-refractivity contribution < 1.29 is 8.78 Å². The van der Waals surface area contributed by atoms with Gasteiger partial charge in [-0.3, -0.25) is 0 Å². The zero-order valence-electron chi connectivity index (χ0n) is 13.2. The molecule has 0 saturated heterocycles. The molecule has 3 unspecified atom stereocenters. The Labute approximate surface area is 123 Å². The first-order valence-electron chi connectivity index (χ1n) is 8.08. The molecule has 0 radical (unpaired) electrons. The Morgan fingerprint density at radius 1 is 1.05 bits per heavy atom. The number of halogens is 2. The van der Waals surface area contributed by atoms with Crippen molar-refractivity contribution in [3.63, 3.8) is 0 Å². The number of rotatable bonds is 7. The van der Waals surface area contributed by atoms with Crippen molar-refractivity contribution in [1.29, 1.82) is 0 Å². The van der Waals surface area contributed by atoms with Gasteiger partial charge < -0.3 is 0 Å². The van der Waals surface area contributed by atoms with Crippen LogP contribution in [-0.4, -0.2) is 12.3 Å². The van der Waals surface area contributed by atoms with Gasteiger partial charge in [0.1, 0.15) is 12.3 Å². The lowest BCUT2D eigenvalue weighted by atomic mass is 9.81. The first kappa shape index (κ1) is 17.4. The molecular weight excluding hydrogens is 254 g/mol. The molecule has 1 saturated carbocycles. The Morgan fingerprint density at radius 3 is 2.05 bits per heavy atom. The van der Waals surface area contributed by atoms with E-state index in [1.165, 1.54) is 12.8 Å². The van der Waals surface area contributed by atoms with Crippen LogP contribution >= 0.6 is 0 Å². The minimum Gasteiger partial charge on any atom is -0.244 e. The van der Waals surface area contributed by atoms with Crippen LogP contribution in [0, 0.1) is 23.7 Å². The van der Waals surface area contributed by atoms with Gasteiger partial charge in [-0.25, -0.2) is 8.78 Å². The van der Waals surface area contributed by atoms with Gasteiger partial charge in [0.05, 0.1) is 0 Å². The van der Waals surface area contributed by atoms with Gasteiger partial charge in [-0.1, -0.05) is 39.0 Å². The minimum absolute atomic E-state index is 0.254. The molecule has 0 aliphatic heterocycles. The molecule has 0 aromatic carbocycles. The molecule has 1 fully saturated rings. The molecule has 0 aromatic rings. The van der Waals surface area contributed by atoms with Crippen molar-refractivity contribution in [2.45, 2.75) is 65.2 Å². The maximum Gasteiger partial charge on any atom is 0.138 e. The van der Waals surface area contributed by atoms with Gasteiger partial charge in [-0.2, -0.15) is 0 Å². The van der Waals surface area contributed by atoms with Crippen molar-refractivity contribution in [3.8, 4) is 0 Å². The highest BCUT2D eigenvalue weighted by Gasteiger charge is 2.29. The van der Waals surface area contributed by atoms with E-state index in [-0.39, 0.29) is 11.8 Å². The largest absolute Gasteiger partial charge is 0.244 e. The van der Waals surface area contributed by atoms with Crippen molar-refractivity contribution in [1.82, 2.24) is 0 Å². The molecule has 20 heavy (non-hydrogen) atoms. The first-order chi connectivity index (χ1) is 9.49. The summed E-state index contributed by atoms with van der Waals surface area (Å²) in [6.45, 7) is 9.26. The molecule has 0 spiro atoms. The van der Waals surface area contributed by atoms with Gasteiger partial charge >= 0.3 is 0 Å². The first-order valence-corrected chi connectivity index (χ1v) is 8.08. The maximum atomic E-state index is 14.1. The molecule has 0 amide bonds. The number of hydrogen-bond acceptors (Lipinski definition) is 0. The highest BCUT2D eigenvalue weighted by molar-refractivity contribution is 4.99. The smallest absolute Gasteiger partial charge is 0.138 e. The van der Waals surface area contributed by atoms with E-state index < -0.39 is 12.3 Å². The fraction of sp³-hybridized carbons (Fsp3) is 0.778. The van der Waals surface area contributed by atoms with E-state index in [0.29, 0.717) is 18.3 Å². The van der Waals surface area contributed by atoms with Gasteiger partial charge in [0.2, 0.25) is 0 Å². The third kappa shape index (κ3) is 5.03. The van der Waals surface area contributed by atoms with Gasteiger partial charge in [0, 0.05) is 5.92 Å². The van der Waals surface area contributed by atoms with E-state index in [0.717, 1.165) is 12.8 Å². The van der Waals surface area contributed by atoms with Crippen LogP contribution in [0.5, 0.6) is 0 Å². The Morgan fingerprint density at radius 2 is 1.60 bits per heavy atom. The zero-order valence-corrected chi connectivity index (χ0v) is 13.2. The summed E-state index contributed by atoms with van der Waals surface area (Å²) in [5.74, 6) is 0.635. The highest BCUT2D eigenvalue weighted by atomic mass is 19.2. The summed E-state index contributed by atoms with van der Waals surface area (Å²) < 4.78 is 27.9. The second-order valence-electron chi connectivity index (χ2n) is 6.50. The fourth-order valence-electron chi connectivity index (χ4n) is 2.94. The van der Waals surface area contributed by atoms with Crippen LogP contribution in [0.1, 0.15) is 52.9 Å². The number of alkyl halides is 2. The van der Waals surface area contributed by atoms with Gasteiger partial charge in [-0.05, 0) is 49.9 Å². The summed E-state index contributed by atoms with van der Waals surface area (Å²) in [5, 5.41) is 0. The highest BCUT2D eigenvalue weighted by Crippen LogP contribution is 2.31.